The van der Waals surface area contributed by atoms with Crippen LogP contribution >= 0.6 is 11.8 Å². The normalized spacial score (nSPS) is 12.4. The van der Waals surface area contributed by atoms with Crippen molar-refractivity contribution in [1.29, 1.82) is 0 Å². The van der Waals surface area contributed by atoms with Crippen molar-refractivity contribution in [2.45, 2.75) is 31.9 Å². The van der Waals surface area contributed by atoms with E-state index in [-0.39, 0.29) is 30.1 Å². The summed E-state index contributed by atoms with van der Waals surface area (Å²) < 4.78 is 37.2. The average Bonchev–Trinajstić information content (AvgIpc) is 2.63. The van der Waals surface area contributed by atoms with Gasteiger partial charge in [-0.05, 0) is 25.6 Å². The first-order chi connectivity index (χ1) is 7.90. The molecule has 0 saturated heterocycles. The van der Waals surface area contributed by atoms with Crippen molar-refractivity contribution in [3.05, 3.63) is 12.2 Å². The highest BCUT2D eigenvalue weighted by atomic mass is 32.2. The zero-order chi connectivity index (χ0) is 12.9. The Hall–Kier alpha value is -0.760. The topological polar surface area (TPSA) is 42.7 Å². The van der Waals surface area contributed by atoms with Crippen molar-refractivity contribution >= 4 is 11.8 Å². The fourth-order valence-electron chi connectivity index (χ4n) is 1.27. The molecular weight excluding hydrogens is 253 g/mol. The van der Waals surface area contributed by atoms with E-state index in [9.17, 15) is 13.2 Å². The second-order valence-electron chi connectivity index (χ2n) is 3.69. The van der Waals surface area contributed by atoms with E-state index >= 15 is 0 Å². The Balaban J connectivity index is 2.25. The summed E-state index contributed by atoms with van der Waals surface area (Å²) in [6, 6.07) is 0.193. The number of hydrogen-bond donors (Lipinski definition) is 1. The third-order valence-electron chi connectivity index (χ3n) is 1.96. The molecular formula is C9H15F3N4S. The van der Waals surface area contributed by atoms with E-state index in [0.717, 1.165) is 5.82 Å². The molecule has 17 heavy (non-hydrogen) atoms. The molecule has 0 unspecified atom stereocenters. The standard InChI is InChI=1S/C9H15F3N4S/c1-7(2)16-8(14-6-15-16)5-13-3-4-17-9(10,11)12/h6-7,13H,3-5H2,1-2H3. The van der Waals surface area contributed by atoms with E-state index < -0.39 is 5.51 Å². The molecule has 0 fully saturated rings. The molecule has 1 aromatic rings. The van der Waals surface area contributed by atoms with Crippen molar-refractivity contribution in [3.63, 3.8) is 0 Å². The lowest BCUT2D eigenvalue weighted by Gasteiger charge is -2.10. The Kier molecular flexibility index (Phi) is 5.26. The van der Waals surface area contributed by atoms with Gasteiger partial charge in [0.1, 0.15) is 12.2 Å². The summed E-state index contributed by atoms with van der Waals surface area (Å²) in [5.74, 6) is 0.733. The minimum atomic E-state index is -4.15. The first-order valence-corrected chi connectivity index (χ1v) is 6.18. The molecule has 1 aromatic heterocycles. The molecule has 0 aliphatic heterocycles. The molecule has 0 saturated carbocycles. The summed E-state index contributed by atoms with van der Waals surface area (Å²) in [5.41, 5.74) is -4.15. The molecule has 8 heteroatoms. The molecule has 0 aliphatic carbocycles. The Morgan fingerprint density at radius 2 is 2.18 bits per heavy atom. The van der Waals surface area contributed by atoms with Gasteiger partial charge in [-0.25, -0.2) is 9.67 Å². The number of hydrogen-bond acceptors (Lipinski definition) is 4. The van der Waals surface area contributed by atoms with Gasteiger partial charge >= 0.3 is 5.51 Å². The minimum Gasteiger partial charge on any atom is -0.309 e. The predicted molar refractivity (Wildman–Crippen MR) is 60.6 cm³/mol. The fourth-order valence-corrected chi connectivity index (χ4v) is 1.75. The van der Waals surface area contributed by atoms with Crippen LogP contribution in [-0.2, 0) is 6.54 Å². The Bertz CT molecular complexity index is 337. The number of alkyl halides is 3. The third-order valence-corrected chi connectivity index (χ3v) is 2.70. The second kappa shape index (κ2) is 6.25. The number of halogens is 3. The largest absolute Gasteiger partial charge is 0.441 e. The number of nitrogens with one attached hydrogen (secondary N) is 1. The van der Waals surface area contributed by atoms with Crippen LogP contribution in [0.15, 0.2) is 6.33 Å². The Labute approximate surface area is 102 Å². The average molecular weight is 268 g/mol. The number of rotatable bonds is 6. The van der Waals surface area contributed by atoms with E-state index in [1.54, 1.807) is 4.68 Å². The molecule has 0 radical (unpaired) electrons. The minimum absolute atomic E-state index is 0.000679. The van der Waals surface area contributed by atoms with Crippen molar-refractivity contribution in [2.75, 3.05) is 12.3 Å². The molecule has 98 valence electrons. The van der Waals surface area contributed by atoms with Gasteiger partial charge in [-0.1, -0.05) is 0 Å². The summed E-state index contributed by atoms with van der Waals surface area (Å²) in [5, 5.41) is 6.95. The van der Waals surface area contributed by atoms with Crippen LogP contribution in [0.1, 0.15) is 25.7 Å². The van der Waals surface area contributed by atoms with Crippen LogP contribution in [-0.4, -0.2) is 32.6 Å². The molecule has 0 spiro atoms. The summed E-state index contributed by atoms with van der Waals surface area (Å²) in [6.45, 7) is 4.65. The van der Waals surface area contributed by atoms with Gasteiger partial charge in [0.25, 0.3) is 0 Å². The lowest BCUT2D eigenvalue weighted by Crippen LogP contribution is -2.21. The molecule has 1 N–H and O–H groups in total. The van der Waals surface area contributed by atoms with Crippen LogP contribution in [0.4, 0.5) is 13.2 Å². The summed E-state index contributed by atoms with van der Waals surface area (Å²) in [4.78, 5) is 4.04. The molecule has 0 aliphatic rings. The predicted octanol–water partition coefficient (Wildman–Crippen LogP) is 2.20. The van der Waals surface area contributed by atoms with Gasteiger partial charge in [-0.3, -0.25) is 0 Å². The molecule has 0 bridgehead atoms. The van der Waals surface area contributed by atoms with E-state index in [1.807, 2.05) is 13.8 Å². The van der Waals surface area contributed by atoms with Gasteiger partial charge in [0.15, 0.2) is 0 Å². The van der Waals surface area contributed by atoms with Crippen LogP contribution in [0.5, 0.6) is 0 Å². The number of thioether (sulfide) groups is 1. The van der Waals surface area contributed by atoms with E-state index in [4.69, 9.17) is 0 Å². The molecule has 4 nitrogen and oxygen atoms in total. The zero-order valence-electron chi connectivity index (χ0n) is 9.66. The summed E-state index contributed by atoms with van der Waals surface area (Å²) in [7, 11) is 0. The maximum atomic E-state index is 11.8. The van der Waals surface area contributed by atoms with Crippen molar-refractivity contribution < 1.29 is 13.2 Å². The second-order valence-corrected chi connectivity index (χ2v) is 4.85. The SMILES string of the molecule is CC(C)n1ncnc1CNCCSC(F)(F)F. The Morgan fingerprint density at radius 1 is 1.47 bits per heavy atom. The molecule has 1 rings (SSSR count). The van der Waals surface area contributed by atoms with E-state index in [2.05, 4.69) is 15.4 Å². The highest BCUT2D eigenvalue weighted by molar-refractivity contribution is 8.00. The lowest BCUT2D eigenvalue weighted by atomic mass is 10.4. The van der Waals surface area contributed by atoms with E-state index in [0.29, 0.717) is 6.54 Å². The first-order valence-electron chi connectivity index (χ1n) is 5.20. The van der Waals surface area contributed by atoms with Crippen LogP contribution in [0, 0.1) is 0 Å². The van der Waals surface area contributed by atoms with Gasteiger partial charge < -0.3 is 5.32 Å². The molecule has 1 heterocycles. The summed E-state index contributed by atoms with van der Waals surface area (Å²) >= 11 is -0.0241. The van der Waals surface area contributed by atoms with Crippen LogP contribution in [0.3, 0.4) is 0 Å². The van der Waals surface area contributed by atoms with Gasteiger partial charge in [0, 0.05) is 18.3 Å². The number of aromatic nitrogens is 3. The van der Waals surface area contributed by atoms with E-state index in [1.165, 1.54) is 6.33 Å². The molecule has 0 aromatic carbocycles. The summed E-state index contributed by atoms with van der Waals surface area (Å²) in [6.07, 6.45) is 1.45. The maximum absolute atomic E-state index is 11.8. The van der Waals surface area contributed by atoms with Gasteiger partial charge in [0.2, 0.25) is 0 Å². The van der Waals surface area contributed by atoms with Gasteiger partial charge in [-0.15, -0.1) is 0 Å². The van der Waals surface area contributed by atoms with Crippen molar-refractivity contribution in [2.24, 2.45) is 0 Å². The highest BCUT2D eigenvalue weighted by Crippen LogP contribution is 2.29. The van der Waals surface area contributed by atoms with Gasteiger partial charge in [-0.2, -0.15) is 18.3 Å². The van der Waals surface area contributed by atoms with Crippen LogP contribution in [0.2, 0.25) is 0 Å². The van der Waals surface area contributed by atoms with Crippen molar-refractivity contribution in [1.82, 2.24) is 20.1 Å². The highest BCUT2D eigenvalue weighted by Gasteiger charge is 2.27. The van der Waals surface area contributed by atoms with Crippen molar-refractivity contribution in [3.8, 4) is 0 Å². The smallest absolute Gasteiger partial charge is 0.309 e. The lowest BCUT2D eigenvalue weighted by molar-refractivity contribution is -0.0327. The quantitative estimate of drug-likeness (QED) is 0.803. The monoisotopic (exact) mass is 268 g/mol. The number of nitrogens with zero attached hydrogens (tertiary/aromatic N) is 3. The zero-order valence-corrected chi connectivity index (χ0v) is 10.5. The molecule has 0 amide bonds. The fraction of sp³-hybridized carbons (Fsp3) is 0.778. The Morgan fingerprint density at radius 3 is 2.76 bits per heavy atom. The van der Waals surface area contributed by atoms with Crippen LogP contribution in [0.25, 0.3) is 0 Å². The molecule has 0 atom stereocenters. The third kappa shape index (κ3) is 5.40. The van der Waals surface area contributed by atoms with Crippen LogP contribution < -0.4 is 5.32 Å². The maximum Gasteiger partial charge on any atom is 0.441 e. The first kappa shape index (κ1) is 14.3. The van der Waals surface area contributed by atoms with Gasteiger partial charge in [0.05, 0.1) is 6.54 Å².